The topological polar surface area (TPSA) is 38.0 Å². The Balaban J connectivity index is 2.08. The van der Waals surface area contributed by atoms with Gasteiger partial charge in [0.05, 0.1) is 0 Å². The molecule has 2 aromatic rings. The first-order chi connectivity index (χ1) is 7.27. The zero-order valence-corrected chi connectivity index (χ0v) is 9.68. The fourth-order valence-corrected chi connectivity index (χ4v) is 2.57. The van der Waals surface area contributed by atoms with Crippen molar-refractivity contribution in [1.29, 1.82) is 0 Å². The van der Waals surface area contributed by atoms with Gasteiger partial charge in [-0.2, -0.15) is 0 Å². The van der Waals surface area contributed by atoms with Gasteiger partial charge >= 0.3 is 0 Å². The average Bonchev–Trinajstić information content (AvgIpc) is 2.62. The van der Waals surface area contributed by atoms with Crippen LogP contribution in [0.25, 0.3) is 10.1 Å². The number of nitrogens with one attached hydrogen (secondary N) is 1. The van der Waals surface area contributed by atoms with E-state index in [1.54, 1.807) is 11.3 Å². The monoisotopic (exact) mass is 220 g/mol. The second kappa shape index (κ2) is 4.75. The highest BCUT2D eigenvalue weighted by Crippen LogP contribution is 2.25. The van der Waals surface area contributed by atoms with Crippen LogP contribution in [-0.4, -0.2) is 12.6 Å². The van der Waals surface area contributed by atoms with Crippen LogP contribution in [0.15, 0.2) is 29.6 Å². The van der Waals surface area contributed by atoms with E-state index in [9.17, 15) is 0 Å². The van der Waals surface area contributed by atoms with Crippen LogP contribution < -0.4 is 11.1 Å². The SMILES string of the molecule is CC(N)CNCc1csc2ccccc12. The summed E-state index contributed by atoms with van der Waals surface area (Å²) in [6.07, 6.45) is 0. The first-order valence-corrected chi connectivity index (χ1v) is 6.07. The molecule has 1 unspecified atom stereocenters. The molecule has 15 heavy (non-hydrogen) atoms. The molecular weight excluding hydrogens is 204 g/mol. The van der Waals surface area contributed by atoms with Crippen LogP contribution in [-0.2, 0) is 6.54 Å². The van der Waals surface area contributed by atoms with Gasteiger partial charge in [-0.05, 0) is 29.3 Å². The molecule has 0 bridgehead atoms. The number of benzene rings is 1. The van der Waals surface area contributed by atoms with Gasteiger partial charge in [0.1, 0.15) is 0 Å². The van der Waals surface area contributed by atoms with Crippen molar-refractivity contribution < 1.29 is 0 Å². The second-order valence-electron chi connectivity index (χ2n) is 3.87. The van der Waals surface area contributed by atoms with Crippen LogP contribution >= 0.6 is 11.3 Å². The first-order valence-electron chi connectivity index (χ1n) is 5.19. The molecular formula is C12H16N2S. The van der Waals surface area contributed by atoms with Crippen molar-refractivity contribution in [1.82, 2.24) is 5.32 Å². The Hall–Kier alpha value is -0.900. The van der Waals surface area contributed by atoms with E-state index in [-0.39, 0.29) is 6.04 Å². The second-order valence-corrected chi connectivity index (χ2v) is 4.78. The average molecular weight is 220 g/mol. The van der Waals surface area contributed by atoms with Gasteiger partial charge in [-0.15, -0.1) is 11.3 Å². The molecule has 0 fully saturated rings. The van der Waals surface area contributed by atoms with Crippen LogP contribution in [0.5, 0.6) is 0 Å². The number of hydrogen-bond acceptors (Lipinski definition) is 3. The number of rotatable bonds is 4. The highest BCUT2D eigenvalue weighted by atomic mass is 32.1. The minimum Gasteiger partial charge on any atom is -0.327 e. The van der Waals surface area contributed by atoms with Gasteiger partial charge in [0, 0.05) is 23.8 Å². The first kappa shape index (κ1) is 10.6. The van der Waals surface area contributed by atoms with Crippen LogP contribution in [0.3, 0.4) is 0 Å². The van der Waals surface area contributed by atoms with Crippen molar-refractivity contribution in [3.05, 3.63) is 35.2 Å². The zero-order chi connectivity index (χ0) is 10.7. The maximum absolute atomic E-state index is 5.68. The summed E-state index contributed by atoms with van der Waals surface area (Å²) in [6.45, 7) is 3.79. The van der Waals surface area contributed by atoms with E-state index in [2.05, 4.69) is 35.0 Å². The molecule has 3 heteroatoms. The highest BCUT2D eigenvalue weighted by molar-refractivity contribution is 7.17. The zero-order valence-electron chi connectivity index (χ0n) is 8.86. The molecule has 1 heterocycles. The molecule has 2 rings (SSSR count). The lowest BCUT2D eigenvalue weighted by Gasteiger charge is -2.06. The molecule has 0 aliphatic rings. The van der Waals surface area contributed by atoms with Gasteiger partial charge in [-0.1, -0.05) is 18.2 Å². The molecule has 0 amide bonds. The Labute approximate surface area is 94.1 Å². The molecule has 1 aromatic heterocycles. The standard InChI is InChI=1S/C12H16N2S/c1-9(13)6-14-7-10-8-15-12-5-3-2-4-11(10)12/h2-5,8-9,14H,6-7,13H2,1H3. The quantitative estimate of drug-likeness (QED) is 0.830. The minimum atomic E-state index is 0.217. The summed E-state index contributed by atoms with van der Waals surface area (Å²) in [5.41, 5.74) is 7.06. The molecule has 0 spiro atoms. The van der Waals surface area contributed by atoms with Crippen molar-refractivity contribution in [2.45, 2.75) is 19.5 Å². The predicted octanol–water partition coefficient (Wildman–Crippen LogP) is 2.34. The molecule has 3 N–H and O–H groups in total. The largest absolute Gasteiger partial charge is 0.327 e. The Morgan fingerprint density at radius 2 is 2.20 bits per heavy atom. The number of fused-ring (bicyclic) bond motifs is 1. The summed E-state index contributed by atoms with van der Waals surface area (Å²) in [4.78, 5) is 0. The molecule has 0 saturated heterocycles. The van der Waals surface area contributed by atoms with Crippen molar-refractivity contribution in [2.75, 3.05) is 6.54 Å². The third-order valence-electron chi connectivity index (χ3n) is 2.34. The van der Waals surface area contributed by atoms with E-state index in [1.807, 2.05) is 6.92 Å². The van der Waals surface area contributed by atoms with Gasteiger partial charge in [0.2, 0.25) is 0 Å². The highest BCUT2D eigenvalue weighted by Gasteiger charge is 2.02. The summed E-state index contributed by atoms with van der Waals surface area (Å²) in [7, 11) is 0. The van der Waals surface area contributed by atoms with Crippen LogP contribution in [0.4, 0.5) is 0 Å². The molecule has 2 nitrogen and oxygen atoms in total. The molecule has 1 atom stereocenters. The fraction of sp³-hybridized carbons (Fsp3) is 0.333. The summed E-state index contributed by atoms with van der Waals surface area (Å²) in [5, 5.41) is 6.94. The number of thiophene rings is 1. The smallest absolute Gasteiger partial charge is 0.0346 e. The lowest BCUT2D eigenvalue weighted by molar-refractivity contribution is 0.610. The maximum Gasteiger partial charge on any atom is 0.0346 e. The van der Waals surface area contributed by atoms with Crippen molar-refractivity contribution in [3.63, 3.8) is 0 Å². The minimum absolute atomic E-state index is 0.217. The Morgan fingerprint density at radius 3 is 3.00 bits per heavy atom. The summed E-state index contributed by atoms with van der Waals surface area (Å²) >= 11 is 1.80. The lowest BCUT2D eigenvalue weighted by atomic mass is 10.2. The van der Waals surface area contributed by atoms with Crippen LogP contribution in [0.2, 0.25) is 0 Å². The van der Waals surface area contributed by atoms with Crippen molar-refractivity contribution in [3.8, 4) is 0 Å². The molecule has 0 aliphatic heterocycles. The molecule has 1 aromatic carbocycles. The van der Waals surface area contributed by atoms with Crippen LogP contribution in [0.1, 0.15) is 12.5 Å². The van der Waals surface area contributed by atoms with Crippen LogP contribution in [0, 0.1) is 0 Å². The van der Waals surface area contributed by atoms with Gasteiger partial charge in [-0.3, -0.25) is 0 Å². The van der Waals surface area contributed by atoms with E-state index in [0.29, 0.717) is 0 Å². The maximum atomic E-state index is 5.68. The summed E-state index contributed by atoms with van der Waals surface area (Å²) in [5.74, 6) is 0. The fourth-order valence-electron chi connectivity index (χ4n) is 1.60. The number of hydrogen-bond donors (Lipinski definition) is 2. The van der Waals surface area contributed by atoms with E-state index >= 15 is 0 Å². The van der Waals surface area contributed by atoms with E-state index in [1.165, 1.54) is 15.6 Å². The Bertz CT molecular complexity index is 434. The van der Waals surface area contributed by atoms with Gasteiger partial charge in [0.25, 0.3) is 0 Å². The third-order valence-corrected chi connectivity index (χ3v) is 3.36. The van der Waals surface area contributed by atoms with E-state index < -0.39 is 0 Å². The molecule has 0 saturated carbocycles. The van der Waals surface area contributed by atoms with E-state index in [0.717, 1.165) is 13.1 Å². The summed E-state index contributed by atoms with van der Waals surface area (Å²) in [6, 6.07) is 8.72. The van der Waals surface area contributed by atoms with Gasteiger partial charge < -0.3 is 11.1 Å². The van der Waals surface area contributed by atoms with Gasteiger partial charge in [0.15, 0.2) is 0 Å². The Morgan fingerprint density at radius 1 is 1.40 bits per heavy atom. The summed E-state index contributed by atoms with van der Waals surface area (Å²) < 4.78 is 1.36. The van der Waals surface area contributed by atoms with E-state index in [4.69, 9.17) is 5.73 Å². The normalized spacial score (nSPS) is 13.2. The van der Waals surface area contributed by atoms with Gasteiger partial charge in [-0.25, -0.2) is 0 Å². The predicted molar refractivity (Wildman–Crippen MR) is 67.2 cm³/mol. The third kappa shape index (κ3) is 2.56. The molecule has 0 aliphatic carbocycles. The Kier molecular flexibility index (Phi) is 3.36. The van der Waals surface area contributed by atoms with Crippen molar-refractivity contribution >= 4 is 21.4 Å². The van der Waals surface area contributed by atoms with Crippen molar-refractivity contribution in [2.24, 2.45) is 5.73 Å². The molecule has 80 valence electrons. The lowest BCUT2D eigenvalue weighted by Crippen LogP contribution is -2.30. The molecule has 0 radical (unpaired) electrons. The number of nitrogens with two attached hydrogens (primary N) is 1.